The van der Waals surface area contributed by atoms with Gasteiger partial charge in [-0.3, -0.25) is 9.59 Å². The molecule has 106 valence electrons. The van der Waals surface area contributed by atoms with E-state index in [1.54, 1.807) is 4.90 Å². The zero-order valence-electron chi connectivity index (χ0n) is 11.8. The zero-order chi connectivity index (χ0) is 13.4. The summed E-state index contributed by atoms with van der Waals surface area (Å²) in [6.07, 6.45) is 6.93. The van der Waals surface area contributed by atoms with E-state index in [1.807, 2.05) is 4.90 Å². The monoisotopic (exact) mass is 264 g/mol. The second kappa shape index (κ2) is 5.14. The lowest BCUT2D eigenvalue weighted by molar-refractivity contribution is -0.154. The molecule has 0 aromatic carbocycles. The number of hydrogen-bond acceptors (Lipinski definition) is 2. The smallest absolute Gasteiger partial charge is 0.245 e. The Labute approximate surface area is 115 Å². The van der Waals surface area contributed by atoms with Crippen LogP contribution in [0.4, 0.5) is 0 Å². The van der Waals surface area contributed by atoms with Crippen molar-refractivity contribution in [3.8, 4) is 0 Å². The molecule has 0 aromatic rings. The summed E-state index contributed by atoms with van der Waals surface area (Å²) in [6, 6.07) is -0.139. The third-order valence-corrected chi connectivity index (χ3v) is 5.24. The Morgan fingerprint density at radius 1 is 1.11 bits per heavy atom. The van der Waals surface area contributed by atoms with Crippen LogP contribution in [0.1, 0.15) is 45.4 Å². The third kappa shape index (κ3) is 2.37. The first-order valence-corrected chi connectivity index (χ1v) is 7.75. The highest BCUT2D eigenvalue weighted by Gasteiger charge is 2.42. The van der Waals surface area contributed by atoms with Crippen LogP contribution < -0.4 is 0 Å². The number of hydrogen-bond donors (Lipinski definition) is 0. The van der Waals surface area contributed by atoms with Gasteiger partial charge in [-0.1, -0.05) is 26.2 Å². The van der Waals surface area contributed by atoms with Crippen molar-refractivity contribution in [3.05, 3.63) is 0 Å². The largest absolute Gasteiger partial charge is 0.331 e. The maximum atomic E-state index is 12.5. The van der Waals surface area contributed by atoms with Crippen molar-refractivity contribution in [1.82, 2.24) is 9.80 Å². The van der Waals surface area contributed by atoms with E-state index in [0.717, 1.165) is 25.9 Å². The first kappa shape index (κ1) is 12.9. The predicted octanol–water partition coefficient (Wildman–Crippen LogP) is 1.65. The van der Waals surface area contributed by atoms with Crippen LogP contribution in [0.3, 0.4) is 0 Å². The average molecular weight is 264 g/mol. The lowest BCUT2D eigenvalue weighted by Crippen LogP contribution is -2.58. The molecule has 3 aliphatic rings. The molecule has 3 unspecified atom stereocenters. The summed E-state index contributed by atoms with van der Waals surface area (Å²) in [5, 5.41) is 0. The standard InChI is InChI=1S/C15H24N2O2/c1-11-5-2-3-6-12(11)9-16-10-14(18)17-8-4-7-13(17)15(16)19/h11-13H,2-10H2,1H3. The van der Waals surface area contributed by atoms with Gasteiger partial charge in [-0.25, -0.2) is 0 Å². The molecule has 1 saturated carbocycles. The molecule has 3 atom stereocenters. The minimum absolute atomic E-state index is 0.139. The van der Waals surface area contributed by atoms with Crippen molar-refractivity contribution in [1.29, 1.82) is 0 Å². The van der Waals surface area contributed by atoms with Crippen LogP contribution in [0.25, 0.3) is 0 Å². The van der Waals surface area contributed by atoms with Gasteiger partial charge < -0.3 is 9.80 Å². The SMILES string of the molecule is CC1CCCCC1CN1CC(=O)N2CCCC2C1=O. The van der Waals surface area contributed by atoms with E-state index in [1.165, 1.54) is 25.7 Å². The minimum Gasteiger partial charge on any atom is -0.331 e. The summed E-state index contributed by atoms with van der Waals surface area (Å²) in [5.41, 5.74) is 0. The quantitative estimate of drug-likeness (QED) is 0.761. The third-order valence-electron chi connectivity index (χ3n) is 5.24. The van der Waals surface area contributed by atoms with Crippen molar-refractivity contribution in [2.45, 2.75) is 51.5 Å². The van der Waals surface area contributed by atoms with Crippen LogP contribution >= 0.6 is 0 Å². The van der Waals surface area contributed by atoms with Crippen LogP contribution in [-0.4, -0.2) is 47.3 Å². The van der Waals surface area contributed by atoms with Crippen LogP contribution in [-0.2, 0) is 9.59 Å². The van der Waals surface area contributed by atoms with Gasteiger partial charge in [0.1, 0.15) is 6.04 Å². The number of rotatable bonds is 2. The Morgan fingerprint density at radius 2 is 1.89 bits per heavy atom. The molecule has 0 N–H and O–H groups in total. The van der Waals surface area contributed by atoms with E-state index in [9.17, 15) is 9.59 Å². The van der Waals surface area contributed by atoms with E-state index < -0.39 is 0 Å². The molecular formula is C15H24N2O2. The minimum atomic E-state index is -0.139. The average Bonchev–Trinajstić information content (AvgIpc) is 2.88. The summed E-state index contributed by atoms with van der Waals surface area (Å²) in [6.45, 7) is 4.19. The summed E-state index contributed by atoms with van der Waals surface area (Å²) >= 11 is 0. The molecule has 3 rings (SSSR count). The van der Waals surface area contributed by atoms with Gasteiger partial charge in [0.2, 0.25) is 11.8 Å². The molecule has 19 heavy (non-hydrogen) atoms. The fourth-order valence-electron chi connectivity index (χ4n) is 3.97. The Hall–Kier alpha value is -1.06. The maximum Gasteiger partial charge on any atom is 0.245 e. The van der Waals surface area contributed by atoms with Gasteiger partial charge in [-0.15, -0.1) is 0 Å². The number of carbonyl (C=O) groups is 2. The van der Waals surface area contributed by atoms with Gasteiger partial charge >= 0.3 is 0 Å². The second-order valence-electron chi connectivity index (χ2n) is 6.49. The van der Waals surface area contributed by atoms with Crippen LogP contribution in [0.2, 0.25) is 0 Å². The van der Waals surface area contributed by atoms with Crippen molar-refractivity contribution in [3.63, 3.8) is 0 Å². The molecule has 2 amide bonds. The topological polar surface area (TPSA) is 40.6 Å². The Bertz CT molecular complexity index is 382. The Balaban J connectivity index is 1.67. The molecule has 2 aliphatic heterocycles. The highest BCUT2D eigenvalue weighted by molar-refractivity contribution is 5.95. The molecule has 2 heterocycles. The molecule has 1 aliphatic carbocycles. The number of piperazine rings is 1. The van der Waals surface area contributed by atoms with E-state index in [2.05, 4.69) is 6.92 Å². The van der Waals surface area contributed by atoms with Crippen LogP contribution in [0.15, 0.2) is 0 Å². The lowest BCUT2D eigenvalue weighted by atomic mass is 9.80. The van der Waals surface area contributed by atoms with E-state index in [0.29, 0.717) is 18.4 Å². The van der Waals surface area contributed by atoms with Gasteiger partial charge in [0.15, 0.2) is 0 Å². The van der Waals surface area contributed by atoms with Crippen molar-refractivity contribution in [2.75, 3.05) is 19.6 Å². The van der Waals surface area contributed by atoms with Gasteiger partial charge in [0, 0.05) is 13.1 Å². The zero-order valence-corrected chi connectivity index (χ0v) is 11.8. The molecule has 0 spiro atoms. The number of fused-ring (bicyclic) bond motifs is 1. The number of nitrogens with zero attached hydrogens (tertiary/aromatic N) is 2. The molecule has 0 aromatic heterocycles. The van der Waals surface area contributed by atoms with Gasteiger partial charge in [0.05, 0.1) is 6.54 Å². The van der Waals surface area contributed by atoms with Crippen LogP contribution in [0, 0.1) is 11.8 Å². The molecule has 3 fully saturated rings. The van der Waals surface area contributed by atoms with Gasteiger partial charge in [-0.05, 0) is 31.1 Å². The van der Waals surface area contributed by atoms with Crippen molar-refractivity contribution >= 4 is 11.8 Å². The van der Waals surface area contributed by atoms with E-state index in [4.69, 9.17) is 0 Å². The lowest BCUT2D eigenvalue weighted by Gasteiger charge is -2.40. The summed E-state index contributed by atoms with van der Waals surface area (Å²) in [5.74, 6) is 1.65. The molecule has 4 nitrogen and oxygen atoms in total. The summed E-state index contributed by atoms with van der Waals surface area (Å²) in [4.78, 5) is 28.2. The van der Waals surface area contributed by atoms with Gasteiger partial charge in [0.25, 0.3) is 0 Å². The van der Waals surface area contributed by atoms with Crippen molar-refractivity contribution in [2.24, 2.45) is 11.8 Å². The molecule has 4 heteroatoms. The van der Waals surface area contributed by atoms with Crippen LogP contribution in [0.5, 0.6) is 0 Å². The molecule has 0 bridgehead atoms. The highest BCUT2D eigenvalue weighted by Crippen LogP contribution is 2.32. The second-order valence-corrected chi connectivity index (χ2v) is 6.49. The summed E-state index contributed by atoms with van der Waals surface area (Å²) < 4.78 is 0. The predicted molar refractivity (Wildman–Crippen MR) is 72.4 cm³/mol. The number of carbonyl (C=O) groups excluding carboxylic acids is 2. The van der Waals surface area contributed by atoms with Gasteiger partial charge in [-0.2, -0.15) is 0 Å². The Morgan fingerprint density at radius 3 is 2.68 bits per heavy atom. The normalized spacial score (nSPS) is 35.7. The van der Waals surface area contributed by atoms with Crippen molar-refractivity contribution < 1.29 is 9.59 Å². The molecular weight excluding hydrogens is 240 g/mol. The first-order chi connectivity index (χ1) is 9.16. The molecule has 0 radical (unpaired) electrons. The maximum absolute atomic E-state index is 12.5. The Kier molecular flexibility index (Phi) is 3.50. The number of amides is 2. The first-order valence-electron chi connectivity index (χ1n) is 7.75. The van der Waals surface area contributed by atoms with E-state index >= 15 is 0 Å². The summed E-state index contributed by atoms with van der Waals surface area (Å²) in [7, 11) is 0. The fraction of sp³-hybridized carbons (Fsp3) is 0.867. The fourth-order valence-corrected chi connectivity index (χ4v) is 3.97. The highest BCUT2D eigenvalue weighted by atomic mass is 16.2. The molecule has 2 saturated heterocycles. The van der Waals surface area contributed by atoms with E-state index in [-0.39, 0.29) is 17.9 Å².